The predicted molar refractivity (Wildman–Crippen MR) is 83.7 cm³/mol. The monoisotopic (exact) mass is 285 g/mol. The molecule has 3 aromatic rings. The number of hydrogen-bond acceptors (Lipinski definition) is 3. The van der Waals surface area contributed by atoms with Crippen molar-refractivity contribution in [2.45, 2.75) is 20.3 Å². The van der Waals surface area contributed by atoms with Crippen LogP contribution in [0.5, 0.6) is 5.75 Å². The highest BCUT2D eigenvalue weighted by Gasteiger charge is 2.14. The minimum absolute atomic E-state index is 0.108. The Morgan fingerprint density at radius 1 is 1.30 bits per heavy atom. The number of nitrogens with one attached hydrogen (secondary N) is 1. The fourth-order valence-electron chi connectivity index (χ4n) is 2.45. The molecule has 3 nitrogen and oxygen atoms in total. The van der Waals surface area contributed by atoms with Crippen LogP contribution in [0.15, 0.2) is 34.4 Å². The van der Waals surface area contributed by atoms with E-state index >= 15 is 0 Å². The molecular weight excluding hydrogens is 270 g/mol. The zero-order valence-electron chi connectivity index (χ0n) is 11.4. The first-order valence-electron chi connectivity index (χ1n) is 6.54. The minimum Gasteiger partial charge on any atom is -0.507 e. The van der Waals surface area contributed by atoms with Crippen LogP contribution in [0.2, 0.25) is 0 Å². The number of aromatic nitrogens is 1. The van der Waals surface area contributed by atoms with Crippen LogP contribution in [0, 0.1) is 6.92 Å². The largest absolute Gasteiger partial charge is 0.507 e. The number of rotatable bonds is 2. The Kier molecular flexibility index (Phi) is 3.10. The number of aromatic hydroxyl groups is 1. The van der Waals surface area contributed by atoms with Gasteiger partial charge in [-0.2, -0.15) is 0 Å². The van der Waals surface area contributed by atoms with Crippen molar-refractivity contribution in [2.75, 3.05) is 0 Å². The van der Waals surface area contributed by atoms with Crippen molar-refractivity contribution in [1.29, 1.82) is 0 Å². The van der Waals surface area contributed by atoms with Gasteiger partial charge in [-0.25, -0.2) is 0 Å². The lowest BCUT2D eigenvalue weighted by Gasteiger charge is -2.12. The van der Waals surface area contributed by atoms with Crippen molar-refractivity contribution in [2.24, 2.45) is 0 Å². The fraction of sp³-hybridized carbons (Fsp3) is 0.188. The molecule has 0 bridgehead atoms. The summed E-state index contributed by atoms with van der Waals surface area (Å²) in [6, 6.07) is 8.13. The highest BCUT2D eigenvalue weighted by molar-refractivity contribution is 7.17. The number of aromatic amines is 1. The van der Waals surface area contributed by atoms with Gasteiger partial charge in [0.25, 0.3) is 5.56 Å². The normalized spacial score (nSPS) is 11.1. The Hall–Kier alpha value is -2.07. The smallest absolute Gasteiger partial charge is 0.255 e. The molecule has 0 atom stereocenters. The third kappa shape index (κ3) is 1.93. The van der Waals surface area contributed by atoms with Gasteiger partial charge in [0, 0.05) is 10.3 Å². The summed E-state index contributed by atoms with van der Waals surface area (Å²) in [7, 11) is 0. The highest BCUT2D eigenvalue weighted by atomic mass is 32.1. The third-order valence-electron chi connectivity index (χ3n) is 3.62. The van der Waals surface area contributed by atoms with Gasteiger partial charge in [0.2, 0.25) is 0 Å². The number of thiophene rings is 1. The van der Waals surface area contributed by atoms with E-state index in [9.17, 15) is 9.90 Å². The number of fused-ring (bicyclic) bond motifs is 1. The maximum absolute atomic E-state index is 11.9. The van der Waals surface area contributed by atoms with Gasteiger partial charge in [0.1, 0.15) is 5.75 Å². The van der Waals surface area contributed by atoms with Gasteiger partial charge < -0.3 is 10.1 Å². The summed E-state index contributed by atoms with van der Waals surface area (Å²) in [6.07, 6.45) is 0.667. The zero-order valence-corrected chi connectivity index (χ0v) is 12.2. The summed E-state index contributed by atoms with van der Waals surface area (Å²) in [6.45, 7) is 3.61. The van der Waals surface area contributed by atoms with E-state index in [2.05, 4.69) is 11.1 Å². The zero-order chi connectivity index (χ0) is 14.3. The predicted octanol–water partition coefficient (Wildman–Crippen LogP) is 3.83. The first-order valence-corrected chi connectivity index (χ1v) is 7.42. The Bertz CT molecular complexity index is 845. The molecular formula is C16H15NO2S. The molecule has 0 amide bonds. The minimum atomic E-state index is -0.236. The Morgan fingerprint density at radius 3 is 2.85 bits per heavy atom. The molecule has 0 fully saturated rings. The molecule has 0 radical (unpaired) electrons. The lowest BCUT2D eigenvalue weighted by molar-refractivity contribution is 0.463. The molecule has 0 aliphatic rings. The maximum Gasteiger partial charge on any atom is 0.255 e. The summed E-state index contributed by atoms with van der Waals surface area (Å²) in [4.78, 5) is 14.8. The Labute approximate surface area is 120 Å². The van der Waals surface area contributed by atoms with E-state index in [4.69, 9.17) is 0 Å². The molecule has 4 heteroatoms. The molecule has 0 saturated heterocycles. The second-order valence-electron chi connectivity index (χ2n) is 4.81. The van der Waals surface area contributed by atoms with Gasteiger partial charge in [-0.3, -0.25) is 4.79 Å². The van der Waals surface area contributed by atoms with Crippen LogP contribution in [0.1, 0.15) is 18.1 Å². The molecule has 2 aromatic heterocycles. The third-order valence-corrected chi connectivity index (χ3v) is 4.51. The SMILES string of the molecule is CCc1c(-c2ccc3sccc3c2)[nH]c(=O)c(C)c1O. The second kappa shape index (κ2) is 4.80. The van der Waals surface area contributed by atoms with Crippen molar-refractivity contribution in [3.8, 4) is 17.0 Å². The molecule has 20 heavy (non-hydrogen) atoms. The molecule has 3 rings (SSSR count). The standard InChI is InChI=1S/C16H15NO2S/c1-3-12-14(17-16(19)9(2)15(12)18)11-4-5-13-10(8-11)6-7-20-13/h4-8H,3H2,1-2H3,(H2,17,18,19). The summed E-state index contributed by atoms with van der Waals surface area (Å²) >= 11 is 1.69. The number of hydrogen-bond donors (Lipinski definition) is 2. The summed E-state index contributed by atoms with van der Waals surface area (Å²) < 4.78 is 1.21. The van der Waals surface area contributed by atoms with Crippen molar-refractivity contribution in [1.82, 2.24) is 4.98 Å². The lowest BCUT2D eigenvalue weighted by Crippen LogP contribution is -2.13. The van der Waals surface area contributed by atoms with Crippen LogP contribution in [0.3, 0.4) is 0 Å². The molecule has 0 spiro atoms. The number of H-pyrrole nitrogens is 1. The van der Waals surface area contributed by atoms with Gasteiger partial charge in [-0.1, -0.05) is 13.0 Å². The molecule has 0 unspecified atom stereocenters. The Morgan fingerprint density at radius 2 is 2.10 bits per heavy atom. The van der Waals surface area contributed by atoms with E-state index in [0.29, 0.717) is 17.7 Å². The fourth-order valence-corrected chi connectivity index (χ4v) is 3.22. The van der Waals surface area contributed by atoms with Crippen LogP contribution >= 0.6 is 11.3 Å². The van der Waals surface area contributed by atoms with Crippen molar-refractivity contribution in [3.63, 3.8) is 0 Å². The quantitative estimate of drug-likeness (QED) is 0.751. The molecule has 0 saturated carbocycles. The average Bonchev–Trinajstić information content (AvgIpc) is 2.91. The van der Waals surface area contributed by atoms with Gasteiger partial charge in [-0.15, -0.1) is 11.3 Å². The van der Waals surface area contributed by atoms with Crippen LogP contribution < -0.4 is 5.56 Å². The Balaban J connectivity index is 2.30. The van der Waals surface area contributed by atoms with Gasteiger partial charge >= 0.3 is 0 Å². The van der Waals surface area contributed by atoms with Crippen LogP contribution in [-0.2, 0) is 6.42 Å². The molecule has 102 valence electrons. The summed E-state index contributed by atoms with van der Waals surface area (Å²) in [5.41, 5.74) is 2.58. The lowest BCUT2D eigenvalue weighted by atomic mass is 10.0. The average molecular weight is 285 g/mol. The van der Waals surface area contributed by atoms with Gasteiger partial charge in [0.05, 0.1) is 11.3 Å². The van der Waals surface area contributed by atoms with Crippen LogP contribution in [-0.4, -0.2) is 10.1 Å². The summed E-state index contributed by atoms with van der Waals surface area (Å²) in [5, 5.41) is 13.4. The topological polar surface area (TPSA) is 53.1 Å². The van der Waals surface area contributed by atoms with E-state index in [1.54, 1.807) is 18.3 Å². The van der Waals surface area contributed by atoms with E-state index in [0.717, 1.165) is 16.5 Å². The number of pyridine rings is 1. The van der Waals surface area contributed by atoms with Gasteiger partial charge in [0.15, 0.2) is 0 Å². The highest BCUT2D eigenvalue weighted by Crippen LogP contribution is 2.32. The first-order chi connectivity index (χ1) is 9.61. The molecule has 0 aliphatic carbocycles. The second-order valence-corrected chi connectivity index (χ2v) is 5.76. The maximum atomic E-state index is 11.9. The van der Waals surface area contributed by atoms with E-state index < -0.39 is 0 Å². The van der Waals surface area contributed by atoms with Crippen molar-refractivity contribution in [3.05, 3.63) is 51.1 Å². The van der Waals surface area contributed by atoms with E-state index in [-0.39, 0.29) is 11.3 Å². The van der Waals surface area contributed by atoms with Crippen molar-refractivity contribution >= 4 is 21.4 Å². The van der Waals surface area contributed by atoms with Crippen molar-refractivity contribution < 1.29 is 5.11 Å². The van der Waals surface area contributed by atoms with Gasteiger partial charge in [-0.05, 0) is 47.9 Å². The number of benzene rings is 1. The molecule has 2 heterocycles. The first kappa shape index (κ1) is 12.9. The van der Waals surface area contributed by atoms with E-state index in [1.165, 1.54) is 4.70 Å². The van der Waals surface area contributed by atoms with Crippen LogP contribution in [0.25, 0.3) is 21.3 Å². The van der Waals surface area contributed by atoms with E-state index in [1.807, 2.05) is 30.5 Å². The van der Waals surface area contributed by atoms with Crippen LogP contribution in [0.4, 0.5) is 0 Å². The molecule has 0 aliphatic heterocycles. The summed E-state index contributed by atoms with van der Waals surface area (Å²) in [5.74, 6) is 0.108. The molecule has 2 N–H and O–H groups in total. The molecule has 1 aromatic carbocycles.